The van der Waals surface area contributed by atoms with Crippen LogP contribution in [0, 0.1) is 13.8 Å². The topological polar surface area (TPSA) is 42.4 Å². The van der Waals surface area contributed by atoms with Crippen LogP contribution in [0.5, 0.6) is 0 Å². The number of carbonyl (C=O) groups is 1. The Balaban J connectivity index is 1.67. The molecule has 0 N–H and O–H groups in total. The van der Waals surface area contributed by atoms with E-state index < -0.39 is 0 Å². The maximum Gasteiger partial charge on any atom is 0.260 e. The van der Waals surface area contributed by atoms with Gasteiger partial charge in [-0.25, -0.2) is 4.98 Å². The van der Waals surface area contributed by atoms with Crippen molar-refractivity contribution < 1.29 is 9.53 Å². The largest absolute Gasteiger partial charge is 0.376 e. The summed E-state index contributed by atoms with van der Waals surface area (Å²) in [5.41, 5.74) is 4.04. The maximum atomic E-state index is 13.5. The molecule has 4 rings (SSSR count). The summed E-state index contributed by atoms with van der Waals surface area (Å²) in [4.78, 5) is 21.4. The molecule has 1 aliphatic rings. The lowest BCUT2D eigenvalue weighted by Gasteiger charge is -2.23. The van der Waals surface area contributed by atoms with Crippen LogP contribution in [-0.2, 0) is 4.74 Å². The summed E-state index contributed by atoms with van der Waals surface area (Å²) in [5.74, 6) is -0.0139. The number of carbonyl (C=O) groups excluding carboxylic acids is 1. The molecule has 1 saturated heterocycles. The van der Waals surface area contributed by atoms with Crippen LogP contribution in [0.4, 0.5) is 5.13 Å². The van der Waals surface area contributed by atoms with Gasteiger partial charge in [0.2, 0.25) is 0 Å². The summed E-state index contributed by atoms with van der Waals surface area (Å²) < 4.78 is 6.99. The molecule has 1 aromatic heterocycles. The zero-order chi connectivity index (χ0) is 21.3. The van der Waals surface area contributed by atoms with E-state index in [1.807, 2.05) is 29.2 Å². The van der Waals surface area contributed by atoms with Gasteiger partial charge in [0.1, 0.15) is 0 Å². The van der Waals surface area contributed by atoms with Gasteiger partial charge in [0.15, 0.2) is 5.13 Å². The fourth-order valence-corrected chi connectivity index (χ4v) is 5.69. The van der Waals surface area contributed by atoms with Gasteiger partial charge in [-0.15, -0.1) is 11.8 Å². The summed E-state index contributed by atoms with van der Waals surface area (Å²) in [6.07, 6.45) is 2.10. The second-order valence-corrected chi connectivity index (χ2v) is 10.8. The predicted molar refractivity (Wildman–Crippen MR) is 127 cm³/mol. The number of nitrogens with zero attached hydrogens (tertiary/aromatic N) is 2. The second-order valence-electron chi connectivity index (χ2n) is 8.17. The highest BCUT2D eigenvalue weighted by Crippen LogP contribution is 2.34. The first-order chi connectivity index (χ1) is 14.4. The molecule has 0 saturated carbocycles. The van der Waals surface area contributed by atoms with Crippen LogP contribution < -0.4 is 4.90 Å². The van der Waals surface area contributed by atoms with Crippen molar-refractivity contribution >= 4 is 44.4 Å². The van der Waals surface area contributed by atoms with Crippen molar-refractivity contribution in [3.8, 4) is 0 Å². The molecule has 1 atom stereocenters. The number of hydrogen-bond acceptors (Lipinski definition) is 5. The molecule has 1 unspecified atom stereocenters. The number of hydrogen-bond donors (Lipinski definition) is 0. The minimum Gasteiger partial charge on any atom is -0.376 e. The maximum absolute atomic E-state index is 13.5. The van der Waals surface area contributed by atoms with E-state index in [1.54, 1.807) is 23.1 Å². The first-order valence-corrected chi connectivity index (χ1v) is 12.2. The molecule has 6 heteroatoms. The third kappa shape index (κ3) is 4.71. The number of anilines is 1. The van der Waals surface area contributed by atoms with Gasteiger partial charge in [-0.3, -0.25) is 9.69 Å². The van der Waals surface area contributed by atoms with Gasteiger partial charge in [-0.05, 0) is 68.1 Å². The fraction of sp³-hybridized carbons (Fsp3) is 0.417. The summed E-state index contributed by atoms with van der Waals surface area (Å²) in [7, 11) is 0. The highest BCUT2D eigenvalue weighted by atomic mass is 32.2. The monoisotopic (exact) mass is 440 g/mol. The smallest absolute Gasteiger partial charge is 0.260 e. The van der Waals surface area contributed by atoms with Crippen molar-refractivity contribution in [2.45, 2.75) is 56.8 Å². The Hall–Kier alpha value is -1.89. The number of rotatable bonds is 6. The number of amides is 1. The first kappa shape index (κ1) is 21.3. The highest BCUT2D eigenvalue weighted by Gasteiger charge is 2.27. The predicted octanol–water partition coefficient (Wildman–Crippen LogP) is 6.24. The number of thiazole rings is 1. The van der Waals surface area contributed by atoms with Crippen molar-refractivity contribution in [2.24, 2.45) is 0 Å². The summed E-state index contributed by atoms with van der Waals surface area (Å²) in [5, 5.41) is 1.26. The molecular weight excluding hydrogens is 412 g/mol. The molecule has 0 radical (unpaired) electrons. The molecule has 2 heterocycles. The highest BCUT2D eigenvalue weighted by molar-refractivity contribution is 7.99. The Labute approximate surface area is 186 Å². The number of aryl methyl sites for hydroxylation is 2. The minimum atomic E-state index is -0.0139. The third-order valence-corrected chi connectivity index (χ3v) is 7.41. The SMILES string of the molecule is Cc1cc(C)c2sc(N(CC3CCCO3)C(=O)c3ccc(SC(C)C)cc3)nc2c1. The van der Waals surface area contributed by atoms with Crippen molar-refractivity contribution in [3.05, 3.63) is 53.1 Å². The second kappa shape index (κ2) is 9.08. The summed E-state index contributed by atoms with van der Waals surface area (Å²) in [6, 6.07) is 12.2. The van der Waals surface area contributed by atoms with Gasteiger partial charge in [0.05, 0.1) is 22.9 Å². The molecule has 0 bridgehead atoms. The molecule has 4 nitrogen and oxygen atoms in total. The number of thioether (sulfide) groups is 1. The molecule has 1 aliphatic heterocycles. The lowest BCUT2D eigenvalue weighted by atomic mass is 10.1. The summed E-state index contributed by atoms with van der Waals surface area (Å²) in [6.45, 7) is 9.84. The van der Waals surface area contributed by atoms with E-state index in [9.17, 15) is 4.79 Å². The van der Waals surface area contributed by atoms with E-state index in [2.05, 4.69) is 39.8 Å². The van der Waals surface area contributed by atoms with Crippen molar-refractivity contribution in [2.75, 3.05) is 18.1 Å². The normalized spacial score (nSPS) is 16.5. The molecule has 158 valence electrons. The number of benzene rings is 2. The van der Waals surface area contributed by atoms with E-state index in [0.717, 1.165) is 34.8 Å². The van der Waals surface area contributed by atoms with E-state index in [0.29, 0.717) is 17.4 Å². The molecule has 2 aromatic carbocycles. The van der Waals surface area contributed by atoms with Crippen molar-refractivity contribution in [1.29, 1.82) is 0 Å². The van der Waals surface area contributed by atoms with Gasteiger partial charge in [0.25, 0.3) is 5.91 Å². The van der Waals surface area contributed by atoms with Gasteiger partial charge in [-0.1, -0.05) is 31.3 Å². The third-order valence-electron chi connectivity index (χ3n) is 5.17. The van der Waals surface area contributed by atoms with Crippen molar-refractivity contribution in [1.82, 2.24) is 4.98 Å². The average molecular weight is 441 g/mol. The minimum absolute atomic E-state index is 0.0139. The molecule has 1 fully saturated rings. The van der Waals surface area contributed by atoms with Crippen LogP contribution in [0.25, 0.3) is 10.2 Å². The van der Waals surface area contributed by atoms with Gasteiger partial charge < -0.3 is 4.74 Å². The van der Waals surface area contributed by atoms with Crippen LogP contribution in [-0.4, -0.2) is 35.4 Å². The Morgan fingerprint density at radius 1 is 1.27 bits per heavy atom. The lowest BCUT2D eigenvalue weighted by Crippen LogP contribution is -2.37. The average Bonchev–Trinajstić information content (AvgIpc) is 3.35. The molecule has 3 aromatic rings. The van der Waals surface area contributed by atoms with Gasteiger partial charge in [0, 0.05) is 22.3 Å². The standard InChI is InChI=1S/C24H28N2O2S2/c1-15(2)29-20-9-7-18(8-10-20)23(27)26(14-19-6-5-11-28-19)24-25-21-13-16(3)12-17(4)22(21)30-24/h7-10,12-13,15,19H,5-6,11,14H2,1-4H3. The van der Waals surface area contributed by atoms with Crippen LogP contribution in [0.3, 0.4) is 0 Å². The Morgan fingerprint density at radius 2 is 2.03 bits per heavy atom. The van der Waals surface area contributed by atoms with E-state index >= 15 is 0 Å². The van der Waals surface area contributed by atoms with E-state index in [4.69, 9.17) is 9.72 Å². The van der Waals surface area contributed by atoms with Crippen LogP contribution in [0.15, 0.2) is 41.3 Å². The Kier molecular flexibility index (Phi) is 6.46. The van der Waals surface area contributed by atoms with Crippen LogP contribution >= 0.6 is 23.1 Å². The first-order valence-electron chi connectivity index (χ1n) is 10.5. The molecule has 0 aliphatic carbocycles. The van der Waals surface area contributed by atoms with Crippen LogP contribution in [0.1, 0.15) is 48.2 Å². The molecular formula is C24H28N2O2S2. The van der Waals surface area contributed by atoms with Gasteiger partial charge in [-0.2, -0.15) is 0 Å². The Morgan fingerprint density at radius 3 is 2.70 bits per heavy atom. The number of fused-ring (bicyclic) bond motifs is 1. The number of aromatic nitrogens is 1. The zero-order valence-electron chi connectivity index (χ0n) is 18.0. The van der Waals surface area contributed by atoms with E-state index in [1.165, 1.54) is 16.0 Å². The van der Waals surface area contributed by atoms with E-state index in [-0.39, 0.29) is 12.0 Å². The molecule has 0 spiro atoms. The fourth-order valence-electron chi connectivity index (χ4n) is 3.82. The number of ether oxygens (including phenoxy) is 1. The Bertz CT molecular complexity index is 1040. The lowest BCUT2D eigenvalue weighted by molar-refractivity contribution is 0.0917. The molecule has 1 amide bonds. The quantitative estimate of drug-likeness (QED) is 0.426. The van der Waals surface area contributed by atoms with Crippen LogP contribution in [0.2, 0.25) is 0 Å². The summed E-state index contributed by atoms with van der Waals surface area (Å²) >= 11 is 3.39. The molecule has 30 heavy (non-hydrogen) atoms. The van der Waals surface area contributed by atoms with Crippen molar-refractivity contribution in [3.63, 3.8) is 0 Å². The zero-order valence-corrected chi connectivity index (χ0v) is 19.6. The van der Waals surface area contributed by atoms with Gasteiger partial charge >= 0.3 is 0 Å².